The van der Waals surface area contributed by atoms with Crippen LogP contribution in [-0.2, 0) is 9.47 Å². The zero-order chi connectivity index (χ0) is 14.7. The number of methoxy groups -OCH3 is 1. The third kappa shape index (κ3) is 3.20. The summed E-state index contributed by atoms with van der Waals surface area (Å²) < 4.78 is 16.9. The van der Waals surface area contributed by atoms with E-state index in [4.69, 9.17) is 14.2 Å². The summed E-state index contributed by atoms with van der Waals surface area (Å²) in [5, 5.41) is 1.08. The summed E-state index contributed by atoms with van der Waals surface area (Å²) in [4.78, 5) is 4.75. The van der Waals surface area contributed by atoms with Gasteiger partial charge in [0, 0.05) is 29.9 Å². The first-order valence-corrected chi connectivity index (χ1v) is 7.96. The first-order valence-electron chi connectivity index (χ1n) is 7.04. The number of halogens is 1. The van der Waals surface area contributed by atoms with Gasteiger partial charge in [0.1, 0.15) is 23.5 Å². The van der Waals surface area contributed by atoms with Gasteiger partial charge < -0.3 is 14.2 Å². The SMILES string of the molecule is COCCOC1C(Br)CC1Oc1cccc2cccnc12. The molecule has 4 nitrogen and oxygen atoms in total. The molecule has 1 aromatic heterocycles. The molecule has 112 valence electrons. The highest BCUT2D eigenvalue weighted by Crippen LogP contribution is 2.35. The second-order valence-electron chi connectivity index (χ2n) is 5.07. The van der Waals surface area contributed by atoms with Crippen LogP contribution in [0.25, 0.3) is 10.9 Å². The lowest BCUT2D eigenvalue weighted by Gasteiger charge is -2.40. The van der Waals surface area contributed by atoms with E-state index in [2.05, 4.69) is 20.9 Å². The first-order chi connectivity index (χ1) is 10.3. The van der Waals surface area contributed by atoms with E-state index in [9.17, 15) is 0 Å². The van der Waals surface area contributed by atoms with Gasteiger partial charge in [-0.05, 0) is 12.1 Å². The number of nitrogens with zero attached hydrogens (tertiary/aromatic N) is 1. The summed E-state index contributed by atoms with van der Waals surface area (Å²) in [7, 11) is 1.67. The van der Waals surface area contributed by atoms with Crippen molar-refractivity contribution in [2.24, 2.45) is 0 Å². The number of para-hydroxylation sites is 1. The molecule has 1 fully saturated rings. The summed E-state index contributed by atoms with van der Waals surface area (Å²) >= 11 is 3.62. The lowest BCUT2D eigenvalue weighted by molar-refractivity contribution is -0.0861. The Labute approximate surface area is 132 Å². The number of hydrogen-bond acceptors (Lipinski definition) is 4. The van der Waals surface area contributed by atoms with Gasteiger partial charge in [-0.15, -0.1) is 0 Å². The van der Waals surface area contributed by atoms with E-state index in [1.165, 1.54) is 0 Å². The van der Waals surface area contributed by atoms with E-state index in [1.807, 2.05) is 30.3 Å². The molecular weight excluding hydrogens is 334 g/mol. The lowest BCUT2D eigenvalue weighted by atomic mass is 9.91. The fourth-order valence-corrected chi connectivity index (χ4v) is 3.32. The Morgan fingerprint density at radius 2 is 2.10 bits per heavy atom. The number of fused-ring (bicyclic) bond motifs is 1. The molecule has 0 bridgehead atoms. The maximum atomic E-state index is 6.12. The molecule has 0 radical (unpaired) electrons. The van der Waals surface area contributed by atoms with Gasteiger partial charge in [-0.25, -0.2) is 0 Å². The number of pyridine rings is 1. The van der Waals surface area contributed by atoms with E-state index < -0.39 is 0 Å². The third-order valence-corrected chi connectivity index (χ3v) is 4.55. The fourth-order valence-electron chi connectivity index (χ4n) is 2.46. The second kappa shape index (κ2) is 6.73. The number of benzene rings is 1. The molecule has 3 unspecified atom stereocenters. The molecule has 0 spiro atoms. The van der Waals surface area contributed by atoms with Crippen molar-refractivity contribution in [3.63, 3.8) is 0 Å². The van der Waals surface area contributed by atoms with Gasteiger partial charge in [0.25, 0.3) is 0 Å². The Bertz CT molecular complexity index is 602. The van der Waals surface area contributed by atoms with Crippen molar-refractivity contribution in [1.82, 2.24) is 4.98 Å². The molecule has 3 rings (SSSR count). The molecule has 3 atom stereocenters. The van der Waals surface area contributed by atoms with Gasteiger partial charge in [-0.3, -0.25) is 4.98 Å². The average molecular weight is 352 g/mol. The molecule has 0 N–H and O–H groups in total. The number of aromatic nitrogens is 1. The van der Waals surface area contributed by atoms with E-state index in [-0.39, 0.29) is 12.2 Å². The van der Waals surface area contributed by atoms with Gasteiger partial charge in [0.15, 0.2) is 0 Å². The fraction of sp³-hybridized carbons (Fsp3) is 0.438. The summed E-state index contributed by atoms with van der Waals surface area (Å²) in [5.41, 5.74) is 0.897. The van der Waals surface area contributed by atoms with Crippen LogP contribution in [0.15, 0.2) is 36.5 Å². The van der Waals surface area contributed by atoms with Crippen molar-refractivity contribution in [1.29, 1.82) is 0 Å². The Balaban J connectivity index is 1.70. The Hall–Kier alpha value is -1.17. The van der Waals surface area contributed by atoms with Crippen LogP contribution in [0.5, 0.6) is 5.75 Å². The maximum Gasteiger partial charge on any atom is 0.146 e. The second-order valence-corrected chi connectivity index (χ2v) is 6.24. The molecule has 1 aromatic carbocycles. The average Bonchev–Trinajstić information content (AvgIpc) is 2.51. The Kier molecular flexibility index (Phi) is 4.73. The minimum absolute atomic E-state index is 0.0545. The largest absolute Gasteiger partial charge is 0.485 e. The van der Waals surface area contributed by atoms with Crippen LogP contribution in [0.4, 0.5) is 0 Å². The molecule has 5 heteroatoms. The van der Waals surface area contributed by atoms with Crippen LogP contribution in [-0.4, -0.2) is 42.3 Å². The van der Waals surface area contributed by atoms with Crippen LogP contribution in [0.2, 0.25) is 0 Å². The predicted octanol–water partition coefficient (Wildman–Crippen LogP) is 3.18. The molecule has 0 amide bonds. The van der Waals surface area contributed by atoms with Crippen molar-refractivity contribution in [2.75, 3.05) is 20.3 Å². The molecule has 1 aliphatic rings. The summed E-state index contributed by atoms with van der Waals surface area (Å²) in [6, 6.07) is 9.96. The van der Waals surface area contributed by atoms with Gasteiger partial charge >= 0.3 is 0 Å². The highest BCUT2D eigenvalue weighted by Gasteiger charge is 2.42. The first kappa shape index (κ1) is 14.8. The molecule has 0 saturated heterocycles. The summed E-state index contributed by atoms with van der Waals surface area (Å²) in [5.74, 6) is 0.817. The quantitative estimate of drug-likeness (QED) is 0.592. The minimum Gasteiger partial charge on any atom is -0.485 e. The molecule has 1 aliphatic carbocycles. The zero-order valence-corrected chi connectivity index (χ0v) is 13.5. The van der Waals surface area contributed by atoms with E-state index in [1.54, 1.807) is 13.3 Å². The monoisotopic (exact) mass is 351 g/mol. The third-order valence-electron chi connectivity index (χ3n) is 3.65. The van der Waals surface area contributed by atoms with E-state index in [0.29, 0.717) is 18.0 Å². The number of ether oxygens (including phenoxy) is 3. The number of alkyl halides is 1. The van der Waals surface area contributed by atoms with Crippen molar-refractivity contribution in [3.8, 4) is 5.75 Å². The molecular formula is C16H18BrNO3. The smallest absolute Gasteiger partial charge is 0.146 e. The normalized spacial score (nSPS) is 24.8. The maximum absolute atomic E-state index is 6.12. The summed E-state index contributed by atoms with van der Waals surface area (Å²) in [6.45, 7) is 1.18. The molecule has 1 saturated carbocycles. The van der Waals surface area contributed by atoms with Gasteiger partial charge in [-0.2, -0.15) is 0 Å². The van der Waals surface area contributed by atoms with Gasteiger partial charge in [-0.1, -0.05) is 34.1 Å². The van der Waals surface area contributed by atoms with Crippen LogP contribution >= 0.6 is 15.9 Å². The van der Waals surface area contributed by atoms with Gasteiger partial charge in [0.2, 0.25) is 0 Å². The predicted molar refractivity (Wildman–Crippen MR) is 85.1 cm³/mol. The van der Waals surface area contributed by atoms with E-state index >= 15 is 0 Å². The zero-order valence-electron chi connectivity index (χ0n) is 11.9. The van der Waals surface area contributed by atoms with Gasteiger partial charge in [0.05, 0.1) is 13.2 Å². The van der Waals surface area contributed by atoms with Crippen LogP contribution < -0.4 is 4.74 Å². The number of hydrogen-bond donors (Lipinski definition) is 0. The van der Waals surface area contributed by atoms with Crippen LogP contribution in [0, 0.1) is 0 Å². The summed E-state index contributed by atoms with van der Waals surface area (Å²) in [6.07, 6.45) is 2.83. The van der Waals surface area contributed by atoms with Crippen LogP contribution in [0.3, 0.4) is 0 Å². The van der Waals surface area contributed by atoms with Crippen molar-refractivity contribution >= 4 is 26.8 Å². The molecule has 2 aromatic rings. The van der Waals surface area contributed by atoms with E-state index in [0.717, 1.165) is 23.1 Å². The van der Waals surface area contributed by atoms with Crippen molar-refractivity contribution < 1.29 is 14.2 Å². The molecule has 1 heterocycles. The van der Waals surface area contributed by atoms with Crippen molar-refractivity contribution in [3.05, 3.63) is 36.5 Å². The Morgan fingerprint density at radius 3 is 2.90 bits per heavy atom. The van der Waals surface area contributed by atoms with Crippen molar-refractivity contribution in [2.45, 2.75) is 23.5 Å². The molecule has 21 heavy (non-hydrogen) atoms. The minimum atomic E-state index is 0.0545. The Morgan fingerprint density at radius 1 is 1.24 bits per heavy atom. The lowest BCUT2D eigenvalue weighted by Crippen LogP contribution is -2.52. The highest BCUT2D eigenvalue weighted by molar-refractivity contribution is 9.09. The topological polar surface area (TPSA) is 40.6 Å². The molecule has 0 aliphatic heterocycles. The number of rotatable bonds is 6. The van der Waals surface area contributed by atoms with Crippen LogP contribution in [0.1, 0.15) is 6.42 Å². The standard InChI is InChI=1S/C16H18BrNO3/c1-19-8-9-20-16-12(17)10-14(16)21-13-6-2-4-11-5-3-7-18-15(11)13/h2-7,12,14,16H,8-10H2,1H3. The highest BCUT2D eigenvalue weighted by atomic mass is 79.9.